The zero-order valence-electron chi connectivity index (χ0n) is 14.7. The summed E-state index contributed by atoms with van der Waals surface area (Å²) in [6, 6.07) is 0. The molecule has 0 radical (unpaired) electrons. The normalized spacial score (nSPS) is 16.0. The number of hydrogen-bond acceptors (Lipinski definition) is 7. The number of carbonyl (C=O) groups excluding carboxylic acids is 2. The van der Waals surface area contributed by atoms with Crippen molar-refractivity contribution in [2.45, 2.75) is 49.3 Å². The first-order valence-corrected chi connectivity index (χ1v) is 8.72. The highest BCUT2D eigenvalue weighted by Crippen LogP contribution is 2.48. The van der Waals surface area contributed by atoms with Gasteiger partial charge < -0.3 is 14.2 Å². The van der Waals surface area contributed by atoms with Crippen LogP contribution in [-0.2, 0) is 33.9 Å². The molecule has 0 amide bonds. The second-order valence-corrected chi connectivity index (χ2v) is 6.76. The summed E-state index contributed by atoms with van der Waals surface area (Å²) < 4.78 is 159. The molecule has 30 heavy (non-hydrogen) atoms. The van der Waals surface area contributed by atoms with Crippen LogP contribution in [0.15, 0.2) is 0 Å². The van der Waals surface area contributed by atoms with Gasteiger partial charge in [0.15, 0.2) is 0 Å². The van der Waals surface area contributed by atoms with Crippen LogP contribution in [-0.4, -0.2) is 67.2 Å². The molecule has 0 aromatic carbocycles. The second-order valence-electron chi connectivity index (χ2n) is 5.30. The smallest absolute Gasteiger partial charge is 0.461 e. The van der Waals surface area contributed by atoms with Crippen LogP contribution in [0.4, 0.5) is 39.5 Å². The Hall–Kier alpha value is -1.82. The highest BCUT2D eigenvalue weighted by molar-refractivity contribution is 7.87. The summed E-state index contributed by atoms with van der Waals surface area (Å²) in [6.45, 7) is -2.13. The molecule has 0 rings (SSSR count). The highest BCUT2D eigenvalue weighted by Gasteiger charge is 2.79. The third-order valence-corrected chi connectivity index (χ3v) is 4.02. The Morgan fingerprint density at radius 1 is 0.967 bits per heavy atom. The van der Waals surface area contributed by atoms with Gasteiger partial charge in [-0.3, -0.25) is 9.35 Å². The lowest BCUT2D eigenvalue weighted by Gasteiger charge is -2.37. The Kier molecular flexibility index (Phi) is 8.21. The minimum atomic E-state index is -6.77. The fraction of sp³-hybridized carbons (Fsp3) is 0.833. The molecule has 0 fully saturated rings. The molecule has 8 nitrogen and oxygen atoms in total. The molecule has 0 aromatic rings. The van der Waals surface area contributed by atoms with Gasteiger partial charge in [-0.05, 0) is 6.92 Å². The van der Waals surface area contributed by atoms with Crippen LogP contribution < -0.4 is 0 Å². The molecule has 0 aliphatic heterocycles. The molecule has 0 saturated heterocycles. The van der Waals surface area contributed by atoms with E-state index in [2.05, 4.69) is 14.2 Å². The molecule has 1 N–H and O–H groups in total. The first-order chi connectivity index (χ1) is 13.1. The van der Waals surface area contributed by atoms with E-state index >= 15 is 0 Å². The van der Waals surface area contributed by atoms with Crippen molar-refractivity contribution in [3.63, 3.8) is 0 Å². The fourth-order valence-electron chi connectivity index (χ4n) is 1.69. The molecular formula is C12H13F9O8S. The lowest BCUT2D eigenvalue weighted by Crippen LogP contribution is -2.66. The summed E-state index contributed by atoms with van der Waals surface area (Å²) >= 11 is 0. The van der Waals surface area contributed by atoms with E-state index < -0.39 is 70.8 Å². The molecule has 178 valence electrons. The maximum Gasteiger partial charge on any atom is 0.461 e. The Morgan fingerprint density at radius 2 is 1.43 bits per heavy atom. The van der Waals surface area contributed by atoms with Crippen LogP contribution >= 0.6 is 0 Å². The standard InChI is InChI=1S/C12H13F9O8S/c1-3-27-7(23)9(29-6(2)22,10(15,16)11(17,18)19)28-5-4-8(13,14)12(20,21)30(24,25)26/h3-5H2,1-2H3,(H,24,25,26). The van der Waals surface area contributed by atoms with E-state index in [0.29, 0.717) is 0 Å². The van der Waals surface area contributed by atoms with Gasteiger partial charge in [0.05, 0.1) is 13.2 Å². The summed E-state index contributed by atoms with van der Waals surface area (Å²) in [5, 5.41) is -6.22. The van der Waals surface area contributed by atoms with Crippen molar-refractivity contribution in [1.29, 1.82) is 0 Å². The molecule has 0 aliphatic carbocycles. The van der Waals surface area contributed by atoms with Crippen LogP contribution in [0, 0.1) is 0 Å². The molecule has 0 aliphatic rings. The number of carbonyl (C=O) groups is 2. The summed E-state index contributed by atoms with van der Waals surface area (Å²) in [7, 11) is -6.77. The quantitative estimate of drug-likeness (QED) is 0.216. The number of hydrogen-bond donors (Lipinski definition) is 1. The Balaban J connectivity index is 6.20. The third-order valence-electron chi connectivity index (χ3n) is 3.07. The monoisotopic (exact) mass is 488 g/mol. The Morgan fingerprint density at radius 3 is 1.77 bits per heavy atom. The van der Waals surface area contributed by atoms with E-state index in [1.54, 1.807) is 0 Å². The molecule has 1 atom stereocenters. The van der Waals surface area contributed by atoms with E-state index in [0.717, 1.165) is 6.92 Å². The van der Waals surface area contributed by atoms with E-state index in [1.165, 1.54) is 0 Å². The topological polar surface area (TPSA) is 116 Å². The van der Waals surface area contributed by atoms with Crippen molar-refractivity contribution in [3.05, 3.63) is 0 Å². The van der Waals surface area contributed by atoms with Crippen molar-refractivity contribution in [2.75, 3.05) is 13.2 Å². The van der Waals surface area contributed by atoms with Gasteiger partial charge in [-0.2, -0.15) is 47.9 Å². The Labute approximate surface area is 162 Å². The molecule has 0 heterocycles. The molecule has 0 saturated carbocycles. The maximum absolute atomic E-state index is 13.9. The predicted molar refractivity (Wildman–Crippen MR) is 74.1 cm³/mol. The second kappa shape index (κ2) is 8.74. The summed E-state index contributed by atoms with van der Waals surface area (Å²) in [5.74, 6) is -22.1. The predicted octanol–water partition coefficient (Wildman–Crippen LogP) is 2.53. The molecule has 1 unspecified atom stereocenters. The lowest BCUT2D eigenvalue weighted by atomic mass is 10.1. The summed E-state index contributed by atoms with van der Waals surface area (Å²) in [4.78, 5) is 22.7. The van der Waals surface area contributed by atoms with Gasteiger partial charge in [0, 0.05) is 13.3 Å². The number of rotatable bonds is 10. The van der Waals surface area contributed by atoms with Crippen molar-refractivity contribution in [1.82, 2.24) is 0 Å². The third kappa shape index (κ3) is 5.26. The molecule has 0 spiro atoms. The number of ether oxygens (including phenoxy) is 3. The van der Waals surface area contributed by atoms with Crippen LogP contribution in [0.2, 0.25) is 0 Å². The number of halogens is 9. The van der Waals surface area contributed by atoms with Crippen LogP contribution in [0.5, 0.6) is 0 Å². The number of esters is 2. The van der Waals surface area contributed by atoms with Gasteiger partial charge in [-0.1, -0.05) is 0 Å². The van der Waals surface area contributed by atoms with Gasteiger partial charge >= 0.3 is 51.1 Å². The van der Waals surface area contributed by atoms with Crippen molar-refractivity contribution >= 4 is 22.1 Å². The van der Waals surface area contributed by atoms with Crippen LogP contribution in [0.1, 0.15) is 20.3 Å². The van der Waals surface area contributed by atoms with E-state index in [-0.39, 0.29) is 6.92 Å². The van der Waals surface area contributed by atoms with Gasteiger partial charge in [-0.25, -0.2) is 4.79 Å². The highest BCUT2D eigenvalue weighted by atomic mass is 32.2. The average molecular weight is 488 g/mol. The summed E-state index contributed by atoms with van der Waals surface area (Å²) in [5.41, 5.74) is 0. The molecule has 0 bridgehead atoms. The average Bonchev–Trinajstić information content (AvgIpc) is 2.50. The van der Waals surface area contributed by atoms with Gasteiger partial charge in [0.1, 0.15) is 0 Å². The lowest BCUT2D eigenvalue weighted by molar-refractivity contribution is -0.395. The molecule has 18 heteroatoms. The van der Waals surface area contributed by atoms with Gasteiger partial charge in [-0.15, -0.1) is 0 Å². The zero-order valence-corrected chi connectivity index (χ0v) is 15.6. The van der Waals surface area contributed by atoms with Crippen LogP contribution in [0.3, 0.4) is 0 Å². The van der Waals surface area contributed by atoms with Crippen LogP contribution in [0.25, 0.3) is 0 Å². The first kappa shape index (κ1) is 28.2. The molecular weight excluding hydrogens is 475 g/mol. The van der Waals surface area contributed by atoms with E-state index in [4.69, 9.17) is 4.55 Å². The molecule has 0 aromatic heterocycles. The maximum atomic E-state index is 13.9. The van der Waals surface area contributed by atoms with Gasteiger partial charge in [0.2, 0.25) is 0 Å². The zero-order chi connectivity index (χ0) is 24.4. The van der Waals surface area contributed by atoms with E-state index in [9.17, 15) is 57.5 Å². The minimum Gasteiger partial charge on any atom is -0.461 e. The van der Waals surface area contributed by atoms with Crippen molar-refractivity contribution in [2.24, 2.45) is 0 Å². The summed E-state index contributed by atoms with van der Waals surface area (Å²) in [6.07, 6.45) is -9.34. The number of alkyl halides is 9. The minimum absolute atomic E-state index is 0.213. The van der Waals surface area contributed by atoms with Crippen molar-refractivity contribution < 1.29 is 76.3 Å². The van der Waals surface area contributed by atoms with Crippen molar-refractivity contribution in [3.8, 4) is 0 Å². The first-order valence-electron chi connectivity index (χ1n) is 7.28. The Bertz CT molecular complexity index is 749. The SMILES string of the molecule is CCOC(=O)C(OCCC(F)(F)C(F)(F)S(=O)(=O)O)(OC(C)=O)C(F)(F)C(F)(F)F. The van der Waals surface area contributed by atoms with Gasteiger partial charge in [0.25, 0.3) is 0 Å². The fourth-order valence-corrected chi connectivity index (χ4v) is 2.16. The largest absolute Gasteiger partial charge is 0.461 e. The van der Waals surface area contributed by atoms with E-state index in [1.807, 2.05) is 0 Å².